The van der Waals surface area contributed by atoms with Gasteiger partial charge in [-0.3, -0.25) is 10.1 Å². The fourth-order valence-electron chi connectivity index (χ4n) is 2.98. The lowest BCUT2D eigenvalue weighted by Crippen LogP contribution is -2.22. The number of urea groups is 1. The molecule has 11 nitrogen and oxygen atoms in total. The summed E-state index contributed by atoms with van der Waals surface area (Å²) in [7, 11) is 0. The van der Waals surface area contributed by atoms with Gasteiger partial charge in [-0.1, -0.05) is 12.1 Å². The molecule has 3 heterocycles. The van der Waals surface area contributed by atoms with Gasteiger partial charge in [-0.05, 0) is 36.6 Å². The van der Waals surface area contributed by atoms with Crippen LogP contribution in [-0.2, 0) is 11.4 Å². The number of ether oxygens (including phenoxy) is 1. The lowest BCUT2D eigenvalue weighted by Gasteiger charge is -2.10. The van der Waals surface area contributed by atoms with Crippen molar-refractivity contribution >= 4 is 29.6 Å². The maximum Gasteiger partial charge on any atom is 0.327 e. The van der Waals surface area contributed by atoms with Crippen molar-refractivity contribution in [3.8, 4) is 11.8 Å². The maximum atomic E-state index is 11.9. The van der Waals surface area contributed by atoms with Gasteiger partial charge in [0.05, 0.1) is 12.8 Å². The molecular formula is C19H17N7O4. The van der Waals surface area contributed by atoms with Crippen molar-refractivity contribution in [2.24, 2.45) is 0 Å². The zero-order chi connectivity index (χ0) is 20.7. The van der Waals surface area contributed by atoms with Crippen LogP contribution in [0.2, 0.25) is 0 Å². The highest BCUT2D eigenvalue weighted by atomic mass is 16.5. The zero-order valence-corrected chi connectivity index (χ0v) is 15.6. The lowest BCUT2D eigenvalue weighted by atomic mass is 10.2. The third kappa shape index (κ3) is 3.53. The van der Waals surface area contributed by atoms with E-state index < -0.39 is 11.9 Å². The molecule has 2 aromatic heterocycles. The first kappa shape index (κ1) is 18.1. The third-order valence-corrected chi connectivity index (χ3v) is 4.60. The average Bonchev–Trinajstić information content (AvgIpc) is 3.37. The molecule has 1 aliphatic carbocycles. The number of carbonyl (C=O) groups is 2. The van der Waals surface area contributed by atoms with Gasteiger partial charge < -0.3 is 20.5 Å². The number of anilines is 1. The van der Waals surface area contributed by atoms with Crippen LogP contribution in [0.4, 0.5) is 10.7 Å². The van der Waals surface area contributed by atoms with Crippen molar-refractivity contribution in [1.82, 2.24) is 30.2 Å². The minimum atomic E-state index is -0.582. The molecule has 1 aliphatic heterocycles. The molecule has 152 valence electrons. The van der Waals surface area contributed by atoms with Crippen molar-refractivity contribution in [2.45, 2.75) is 25.5 Å². The molecule has 11 heteroatoms. The molecule has 30 heavy (non-hydrogen) atoms. The molecule has 1 saturated carbocycles. The normalized spacial score (nSPS) is 17.3. The van der Waals surface area contributed by atoms with Crippen LogP contribution in [-0.4, -0.2) is 42.7 Å². The van der Waals surface area contributed by atoms with Crippen molar-refractivity contribution in [1.29, 1.82) is 0 Å². The summed E-state index contributed by atoms with van der Waals surface area (Å²) in [5.41, 5.74) is 1.71. The topological polar surface area (TPSA) is 143 Å². The molecule has 2 aliphatic rings. The first-order chi connectivity index (χ1) is 14.6. The molecule has 0 bridgehead atoms. The van der Waals surface area contributed by atoms with E-state index in [2.05, 4.69) is 31.0 Å². The maximum absolute atomic E-state index is 11.9. The molecule has 1 aromatic carbocycles. The van der Waals surface area contributed by atoms with Crippen molar-refractivity contribution in [3.63, 3.8) is 0 Å². The summed E-state index contributed by atoms with van der Waals surface area (Å²) in [5.74, 6) is 0.410. The Bertz CT molecular complexity index is 1200. The van der Waals surface area contributed by atoms with Gasteiger partial charge in [-0.25, -0.2) is 4.79 Å². The van der Waals surface area contributed by atoms with E-state index in [0.29, 0.717) is 34.5 Å². The van der Waals surface area contributed by atoms with Crippen molar-refractivity contribution in [3.05, 3.63) is 47.3 Å². The Hall–Kier alpha value is -3.99. The Balaban J connectivity index is 1.56. The van der Waals surface area contributed by atoms with Gasteiger partial charge >= 0.3 is 12.0 Å². The second kappa shape index (κ2) is 7.12. The van der Waals surface area contributed by atoms with Crippen LogP contribution in [0.25, 0.3) is 11.7 Å². The van der Waals surface area contributed by atoms with Gasteiger partial charge in [0.1, 0.15) is 11.4 Å². The van der Waals surface area contributed by atoms with Gasteiger partial charge in [0.25, 0.3) is 5.91 Å². The summed E-state index contributed by atoms with van der Waals surface area (Å²) in [4.78, 5) is 32.1. The molecule has 0 radical (unpaired) electrons. The molecule has 4 N–H and O–H groups in total. The number of nitrogens with one attached hydrogen (secondary N) is 3. The Kier molecular flexibility index (Phi) is 4.29. The van der Waals surface area contributed by atoms with Gasteiger partial charge in [0.2, 0.25) is 5.95 Å². The molecule has 3 amide bonds. The summed E-state index contributed by atoms with van der Waals surface area (Å²) < 4.78 is 7.34. The quantitative estimate of drug-likeness (QED) is 0.352. The summed E-state index contributed by atoms with van der Waals surface area (Å²) >= 11 is 0. The van der Waals surface area contributed by atoms with Crippen LogP contribution in [0.5, 0.6) is 11.8 Å². The standard InChI is InChI=1S/C19H17N7O4/c27-9-10-2-1-3-13(6-10)30-19-23-15-11(7-14-16(28)24-18(29)22-14)8-20-26(15)17(25-19)21-12-4-5-12/h1-3,6-8,12,27H,4-5,9H2,(H,21,23,25)(H2,22,24,28,29)/b14-7-. The van der Waals surface area contributed by atoms with Crippen LogP contribution in [0.3, 0.4) is 0 Å². The number of aliphatic hydroxyl groups is 1. The van der Waals surface area contributed by atoms with Crippen molar-refractivity contribution in [2.75, 3.05) is 5.32 Å². The van der Waals surface area contributed by atoms with Gasteiger partial charge in [0.15, 0.2) is 5.65 Å². The van der Waals surface area contributed by atoms with E-state index in [-0.39, 0.29) is 18.3 Å². The molecular weight excluding hydrogens is 390 g/mol. The summed E-state index contributed by atoms with van der Waals surface area (Å²) in [6.07, 6.45) is 5.09. The number of aliphatic hydroxyl groups excluding tert-OH is 1. The molecule has 3 aromatic rings. The number of amides is 3. The number of hydrogen-bond acceptors (Lipinski definition) is 8. The average molecular weight is 407 g/mol. The predicted molar refractivity (Wildman–Crippen MR) is 105 cm³/mol. The molecule has 1 saturated heterocycles. The fourth-order valence-corrected chi connectivity index (χ4v) is 2.98. The number of hydrogen-bond donors (Lipinski definition) is 4. The predicted octanol–water partition coefficient (Wildman–Crippen LogP) is 1.16. The Labute approximate surface area is 169 Å². The zero-order valence-electron chi connectivity index (χ0n) is 15.6. The van der Waals surface area contributed by atoms with E-state index in [1.807, 2.05) is 0 Å². The number of imide groups is 1. The first-order valence-corrected chi connectivity index (χ1v) is 9.33. The highest BCUT2D eigenvalue weighted by molar-refractivity contribution is 6.14. The molecule has 0 atom stereocenters. The van der Waals surface area contributed by atoms with E-state index in [0.717, 1.165) is 12.8 Å². The van der Waals surface area contributed by atoms with Gasteiger partial charge in [-0.15, -0.1) is 0 Å². The van der Waals surface area contributed by atoms with E-state index in [4.69, 9.17) is 4.74 Å². The highest BCUT2D eigenvalue weighted by Crippen LogP contribution is 2.27. The monoisotopic (exact) mass is 407 g/mol. The molecule has 2 fully saturated rings. The number of nitrogens with zero attached hydrogens (tertiary/aromatic N) is 4. The second-order valence-electron chi connectivity index (χ2n) is 6.96. The van der Waals surface area contributed by atoms with E-state index in [9.17, 15) is 14.7 Å². The highest BCUT2D eigenvalue weighted by Gasteiger charge is 2.26. The summed E-state index contributed by atoms with van der Waals surface area (Å²) in [6.45, 7) is -0.111. The number of rotatable bonds is 6. The van der Waals surface area contributed by atoms with Crippen LogP contribution < -0.4 is 20.7 Å². The Morgan fingerprint density at radius 2 is 2.13 bits per heavy atom. The third-order valence-electron chi connectivity index (χ3n) is 4.60. The number of fused-ring (bicyclic) bond motifs is 1. The molecule has 0 spiro atoms. The number of benzene rings is 1. The second-order valence-corrected chi connectivity index (χ2v) is 6.96. The SMILES string of the molecule is O=C1NC(=O)/C(=C/c2cnn3c(NC4CC4)nc(Oc4cccc(CO)c4)nc23)N1. The summed E-state index contributed by atoms with van der Waals surface area (Å²) in [6, 6.07) is 6.77. The van der Waals surface area contributed by atoms with Gasteiger partial charge in [0, 0.05) is 11.6 Å². The first-order valence-electron chi connectivity index (χ1n) is 9.33. The lowest BCUT2D eigenvalue weighted by molar-refractivity contribution is -0.115. The minimum Gasteiger partial charge on any atom is -0.424 e. The number of carbonyl (C=O) groups excluding carboxylic acids is 2. The van der Waals surface area contributed by atoms with E-state index in [1.165, 1.54) is 16.8 Å². The molecule has 0 unspecified atom stereocenters. The van der Waals surface area contributed by atoms with Crippen LogP contribution in [0, 0.1) is 0 Å². The van der Waals surface area contributed by atoms with Crippen LogP contribution in [0.1, 0.15) is 24.0 Å². The van der Waals surface area contributed by atoms with E-state index in [1.54, 1.807) is 24.3 Å². The summed E-state index contributed by atoms with van der Waals surface area (Å²) in [5, 5.41) is 21.5. The Morgan fingerprint density at radius 1 is 1.27 bits per heavy atom. The largest absolute Gasteiger partial charge is 0.424 e. The minimum absolute atomic E-state index is 0.0841. The number of aromatic nitrogens is 4. The van der Waals surface area contributed by atoms with Crippen LogP contribution >= 0.6 is 0 Å². The fraction of sp³-hybridized carbons (Fsp3) is 0.211. The Morgan fingerprint density at radius 3 is 2.87 bits per heavy atom. The van der Waals surface area contributed by atoms with Crippen LogP contribution in [0.15, 0.2) is 36.2 Å². The molecule has 5 rings (SSSR count). The van der Waals surface area contributed by atoms with Gasteiger partial charge in [-0.2, -0.15) is 19.6 Å². The van der Waals surface area contributed by atoms with E-state index >= 15 is 0 Å². The smallest absolute Gasteiger partial charge is 0.327 e. The van der Waals surface area contributed by atoms with Crippen molar-refractivity contribution < 1.29 is 19.4 Å².